The molecule has 3 unspecified atom stereocenters. The van der Waals surface area contributed by atoms with E-state index in [1.807, 2.05) is 0 Å². The molecule has 2 aromatic carbocycles. The first-order valence-corrected chi connectivity index (χ1v) is 12.9. The van der Waals surface area contributed by atoms with E-state index in [-0.39, 0.29) is 0 Å². The molecule has 1 heteroatoms. The SMILES string of the molecule is CC12CCC(CC1)C2(C)CC1C2CCN(CC2)C1C(c1ccccc1)c1ccccc1. The molecule has 0 N–H and O–H groups in total. The van der Waals surface area contributed by atoms with Crippen LogP contribution in [0.25, 0.3) is 0 Å². The van der Waals surface area contributed by atoms with Gasteiger partial charge in [-0.05, 0) is 97.7 Å². The van der Waals surface area contributed by atoms with Gasteiger partial charge in [0.15, 0.2) is 0 Å². The molecule has 3 heterocycles. The summed E-state index contributed by atoms with van der Waals surface area (Å²) >= 11 is 0. The highest BCUT2D eigenvalue weighted by Crippen LogP contribution is 2.69. The average molecular weight is 414 g/mol. The Morgan fingerprint density at radius 1 is 0.806 bits per heavy atom. The number of hydrogen-bond donors (Lipinski definition) is 0. The Morgan fingerprint density at radius 3 is 1.84 bits per heavy atom. The van der Waals surface area contributed by atoms with Gasteiger partial charge in [0.1, 0.15) is 0 Å². The summed E-state index contributed by atoms with van der Waals surface area (Å²) in [6.45, 7) is 7.95. The zero-order chi connectivity index (χ0) is 21.1. The highest BCUT2D eigenvalue weighted by Gasteiger charge is 2.60. The van der Waals surface area contributed by atoms with Crippen molar-refractivity contribution in [2.24, 2.45) is 28.6 Å². The lowest BCUT2D eigenvalue weighted by Gasteiger charge is -2.56. The molecule has 7 rings (SSSR count). The third kappa shape index (κ3) is 3.06. The Balaban J connectivity index is 1.42. The molecular formula is C30H39N. The molecule has 0 amide bonds. The van der Waals surface area contributed by atoms with Gasteiger partial charge in [-0.2, -0.15) is 0 Å². The van der Waals surface area contributed by atoms with Crippen molar-refractivity contribution >= 4 is 0 Å². The number of hydrogen-bond acceptors (Lipinski definition) is 1. The fourth-order valence-electron chi connectivity index (χ4n) is 8.71. The summed E-state index contributed by atoms with van der Waals surface area (Å²) in [6, 6.07) is 23.5. The van der Waals surface area contributed by atoms with Crippen LogP contribution < -0.4 is 0 Å². The van der Waals surface area contributed by atoms with Gasteiger partial charge >= 0.3 is 0 Å². The number of fused-ring (bicyclic) bond motifs is 5. The van der Waals surface area contributed by atoms with Crippen LogP contribution >= 0.6 is 0 Å². The Morgan fingerprint density at radius 2 is 1.35 bits per heavy atom. The fourth-order valence-corrected chi connectivity index (χ4v) is 8.71. The zero-order valence-corrected chi connectivity index (χ0v) is 19.5. The van der Waals surface area contributed by atoms with Crippen molar-refractivity contribution in [3.05, 3.63) is 71.8 Å². The van der Waals surface area contributed by atoms with Gasteiger partial charge < -0.3 is 0 Å². The molecule has 3 saturated heterocycles. The van der Waals surface area contributed by atoms with Crippen LogP contribution in [0.4, 0.5) is 0 Å². The molecule has 2 saturated carbocycles. The van der Waals surface area contributed by atoms with Gasteiger partial charge in [0.25, 0.3) is 0 Å². The van der Waals surface area contributed by atoms with Crippen LogP contribution in [0, 0.1) is 28.6 Å². The van der Waals surface area contributed by atoms with E-state index in [1.54, 1.807) is 0 Å². The third-order valence-electron chi connectivity index (χ3n) is 10.7. The number of benzene rings is 2. The van der Waals surface area contributed by atoms with E-state index in [4.69, 9.17) is 0 Å². The van der Waals surface area contributed by atoms with Gasteiger partial charge in [-0.3, -0.25) is 4.90 Å². The third-order valence-corrected chi connectivity index (χ3v) is 10.7. The van der Waals surface area contributed by atoms with Crippen molar-refractivity contribution in [3.63, 3.8) is 0 Å². The summed E-state index contributed by atoms with van der Waals surface area (Å²) in [5, 5.41) is 0. The first-order valence-electron chi connectivity index (χ1n) is 12.9. The first-order chi connectivity index (χ1) is 15.1. The van der Waals surface area contributed by atoms with E-state index in [2.05, 4.69) is 79.4 Å². The molecule has 5 aliphatic rings. The quantitative estimate of drug-likeness (QED) is 0.504. The maximum atomic E-state index is 2.90. The van der Waals surface area contributed by atoms with Crippen molar-refractivity contribution in [1.82, 2.24) is 4.90 Å². The molecule has 1 nitrogen and oxygen atoms in total. The maximum Gasteiger partial charge on any atom is 0.0248 e. The van der Waals surface area contributed by atoms with Crippen molar-refractivity contribution in [1.29, 1.82) is 0 Å². The molecule has 31 heavy (non-hydrogen) atoms. The molecule has 5 fully saturated rings. The lowest BCUT2D eigenvalue weighted by Crippen LogP contribution is -2.58. The summed E-state index contributed by atoms with van der Waals surface area (Å²) in [5.74, 6) is 3.22. The van der Waals surface area contributed by atoms with Gasteiger partial charge in [0, 0.05) is 12.0 Å². The molecule has 0 radical (unpaired) electrons. The minimum atomic E-state index is 0.492. The highest BCUT2D eigenvalue weighted by molar-refractivity contribution is 5.35. The first kappa shape index (κ1) is 20.0. The summed E-state index contributed by atoms with van der Waals surface area (Å²) in [4.78, 5) is 2.90. The standard InChI is InChI=1S/C30H39N/c1-29-17-13-25(14-18-29)30(29,2)21-26-22-15-19-31(20-16-22)28(26)27(23-9-5-3-6-10-23)24-11-7-4-8-12-24/h3-12,22,25-28H,13-21H2,1-2H3. The van der Waals surface area contributed by atoms with Gasteiger partial charge in [-0.25, -0.2) is 0 Å². The summed E-state index contributed by atoms with van der Waals surface area (Å²) < 4.78 is 0. The van der Waals surface area contributed by atoms with Gasteiger partial charge in [-0.15, -0.1) is 0 Å². The lowest BCUT2D eigenvalue weighted by molar-refractivity contribution is -0.0531. The van der Waals surface area contributed by atoms with Gasteiger partial charge in [-0.1, -0.05) is 74.5 Å². The van der Waals surface area contributed by atoms with Crippen LogP contribution in [0.1, 0.15) is 75.8 Å². The van der Waals surface area contributed by atoms with E-state index in [0.29, 0.717) is 22.8 Å². The van der Waals surface area contributed by atoms with Crippen LogP contribution in [-0.4, -0.2) is 24.0 Å². The molecule has 3 aliphatic heterocycles. The number of rotatable bonds is 5. The minimum Gasteiger partial charge on any atom is -0.299 e. The smallest absolute Gasteiger partial charge is 0.0248 e. The molecule has 3 atom stereocenters. The van der Waals surface area contributed by atoms with Crippen molar-refractivity contribution in [2.45, 2.75) is 70.8 Å². The maximum absolute atomic E-state index is 2.90. The highest BCUT2D eigenvalue weighted by atomic mass is 15.2. The molecule has 2 aliphatic carbocycles. The Labute approximate surface area is 189 Å². The van der Waals surface area contributed by atoms with Crippen molar-refractivity contribution < 1.29 is 0 Å². The van der Waals surface area contributed by atoms with E-state index < -0.39 is 0 Å². The second kappa shape index (κ2) is 7.48. The zero-order valence-electron chi connectivity index (χ0n) is 19.5. The van der Waals surface area contributed by atoms with Crippen LogP contribution in [-0.2, 0) is 0 Å². The monoisotopic (exact) mass is 413 g/mol. The molecule has 0 aromatic heterocycles. The lowest BCUT2D eigenvalue weighted by atomic mass is 9.58. The predicted octanol–water partition coefficient (Wildman–Crippen LogP) is 7.14. The van der Waals surface area contributed by atoms with E-state index in [0.717, 1.165) is 17.8 Å². The molecule has 2 aromatic rings. The Bertz CT molecular complexity index is 849. The predicted molar refractivity (Wildman–Crippen MR) is 129 cm³/mol. The summed E-state index contributed by atoms with van der Waals surface area (Å²) in [6.07, 6.45) is 10.2. The Kier molecular flexibility index (Phi) is 4.83. The van der Waals surface area contributed by atoms with Crippen LogP contribution in [0.5, 0.6) is 0 Å². The largest absolute Gasteiger partial charge is 0.299 e. The van der Waals surface area contributed by atoms with Gasteiger partial charge in [0.05, 0.1) is 0 Å². The Hall–Kier alpha value is -1.60. The van der Waals surface area contributed by atoms with E-state index >= 15 is 0 Å². The average Bonchev–Trinajstić information content (AvgIpc) is 3.20. The topological polar surface area (TPSA) is 3.24 Å². The van der Waals surface area contributed by atoms with E-state index in [9.17, 15) is 0 Å². The minimum absolute atomic E-state index is 0.492. The van der Waals surface area contributed by atoms with Gasteiger partial charge in [0.2, 0.25) is 0 Å². The van der Waals surface area contributed by atoms with Crippen molar-refractivity contribution in [2.75, 3.05) is 13.1 Å². The van der Waals surface area contributed by atoms with Crippen LogP contribution in [0.3, 0.4) is 0 Å². The normalized spacial score (nSPS) is 41.2. The number of nitrogens with zero attached hydrogens (tertiary/aromatic N) is 1. The second-order valence-electron chi connectivity index (χ2n) is 11.8. The fraction of sp³-hybridized carbons (Fsp3) is 0.600. The summed E-state index contributed by atoms with van der Waals surface area (Å²) in [5.41, 5.74) is 4.17. The molecule has 0 spiro atoms. The van der Waals surface area contributed by atoms with Crippen molar-refractivity contribution in [3.8, 4) is 0 Å². The van der Waals surface area contributed by atoms with E-state index in [1.165, 1.54) is 69.2 Å². The second-order valence-corrected chi connectivity index (χ2v) is 11.8. The number of piperidine rings is 3. The summed E-state index contributed by atoms with van der Waals surface area (Å²) in [7, 11) is 0. The van der Waals surface area contributed by atoms with Crippen LogP contribution in [0.2, 0.25) is 0 Å². The molecular weight excluding hydrogens is 374 g/mol. The molecule has 4 bridgehead atoms. The molecule has 164 valence electrons. The van der Waals surface area contributed by atoms with Crippen LogP contribution in [0.15, 0.2) is 60.7 Å².